The molecule has 0 aromatic carbocycles. The van der Waals surface area contributed by atoms with Crippen molar-refractivity contribution in [2.45, 2.75) is 119 Å². The quantitative estimate of drug-likeness (QED) is 0.370. The van der Waals surface area contributed by atoms with Crippen LogP contribution >= 0.6 is 0 Å². The standard InChI is InChI=1S/C31H50O3/c1-20-21(32)9-10-22-28(20,4)12-11-23-29(22,5)16-18-31(7)24-19-27(3,25(33)34-8)14-13-26(24,2)15-17-30(23,31)6/h20,22-24H,9-19H2,1-8H3/t20-,22+,23+,24+,26+,27+,28+,29-,30+,31-/m0/s1. The van der Waals surface area contributed by atoms with Crippen LogP contribution in [0.4, 0.5) is 0 Å². The van der Waals surface area contributed by atoms with Gasteiger partial charge in [0.1, 0.15) is 5.78 Å². The highest BCUT2D eigenvalue weighted by atomic mass is 16.5. The maximum absolute atomic E-state index is 12.9. The zero-order chi connectivity index (χ0) is 24.9. The number of esters is 1. The average molecular weight is 471 g/mol. The number of carbonyl (C=O) groups excluding carboxylic acids is 2. The number of ketones is 1. The summed E-state index contributed by atoms with van der Waals surface area (Å²) in [6, 6.07) is 0. The first-order valence-corrected chi connectivity index (χ1v) is 14.3. The van der Waals surface area contributed by atoms with Crippen LogP contribution in [0.2, 0.25) is 0 Å². The smallest absolute Gasteiger partial charge is 0.311 e. The third-order valence-corrected chi connectivity index (χ3v) is 14.2. The van der Waals surface area contributed by atoms with Gasteiger partial charge in [0.15, 0.2) is 0 Å². The molecule has 5 saturated carbocycles. The van der Waals surface area contributed by atoms with Gasteiger partial charge in [-0.3, -0.25) is 9.59 Å². The zero-order valence-electron chi connectivity index (χ0n) is 23.3. The minimum atomic E-state index is -0.342. The van der Waals surface area contributed by atoms with Gasteiger partial charge in [0.05, 0.1) is 12.5 Å². The van der Waals surface area contributed by atoms with Crippen molar-refractivity contribution < 1.29 is 14.3 Å². The van der Waals surface area contributed by atoms with Gasteiger partial charge in [-0.15, -0.1) is 0 Å². The van der Waals surface area contributed by atoms with Gasteiger partial charge in [-0.1, -0.05) is 41.5 Å². The van der Waals surface area contributed by atoms with Crippen molar-refractivity contribution in [1.82, 2.24) is 0 Å². The highest BCUT2D eigenvalue weighted by molar-refractivity contribution is 5.82. The fourth-order valence-corrected chi connectivity index (χ4v) is 11.4. The Kier molecular flexibility index (Phi) is 5.36. The van der Waals surface area contributed by atoms with Gasteiger partial charge in [0, 0.05) is 12.3 Å². The Morgan fingerprint density at radius 1 is 0.765 bits per heavy atom. The number of rotatable bonds is 1. The average Bonchev–Trinajstić information content (AvgIpc) is 2.79. The summed E-state index contributed by atoms with van der Waals surface area (Å²) < 4.78 is 5.32. The fraction of sp³-hybridized carbons (Fsp3) is 0.935. The summed E-state index contributed by atoms with van der Waals surface area (Å²) in [6.45, 7) is 17.3. The molecule has 3 heteroatoms. The Balaban J connectivity index is 1.53. The van der Waals surface area contributed by atoms with Gasteiger partial charge in [-0.2, -0.15) is 0 Å². The second-order valence-electron chi connectivity index (χ2n) is 15.2. The molecule has 0 radical (unpaired) electrons. The molecule has 5 aliphatic carbocycles. The molecular formula is C31H50O3. The van der Waals surface area contributed by atoms with Crippen LogP contribution in [-0.4, -0.2) is 18.9 Å². The Morgan fingerprint density at radius 2 is 1.38 bits per heavy atom. The van der Waals surface area contributed by atoms with Crippen LogP contribution in [0.25, 0.3) is 0 Å². The third kappa shape index (κ3) is 2.88. The van der Waals surface area contributed by atoms with E-state index < -0.39 is 0 Å². The Hall–Kier alpha value is -0.860. The lowest BCUT2D eigenvalue weighted by Crippen LogP contribution is -2.68. The van der Waals surface area contributed by atoms with Crippen molar-refractivity contribution in [3.63, 3.8) is 0 Å². The summed E-state index contributed by atoms with van der Waals surface area (Å²) in [5.41, 5.74) is 1.04. The molecule has 0 aliphatic heterocycles. The molecule has 192 valence electrons. The summed E-state index contributed by atoms with van der Waals surface area (Å²) in [5.74, 6) is 2.66. The normalized spacial score (nSPS) is 57.0. The van der Waals surface area contributed by atoms with E-state index in [-0.39, 0.29) is 28.1 Å². The first kappa shape index (κ1) is 24.8. The summed E-state index contributed by atoms with van der Waals surface area (Å²) in [4.78, 5) is 25.6. The van der Waals surface area contributed by atoms with E-state index in [1.54, 1.807) is 7.11 Å². The number of Topliss-reactive ketones (excluding diaryl/α,β-unsaturated/α-hetero) is 1. The molecule has 0 N–H and O–H groups in total. The molecule has 10 atom stereocenters. The maximum Gasteiger partial charge on any atom is 0.311 e. The highest BCUT2D eigenvalue weighted by Gasteiger charge is 2.71. The van der Waals surface area contributed by atoms with Crippen LogP contribution in [-0.2, 0) is 14.3 Å². The topological polar surface area (TPSA) is 43.4 Å². The fourth-order valence-electron chi connectivity index (χ4n) is 11.4. The van der Waals surface area contributed by atoms with Crippen LogP contribution in [0.15, 0.2) is 0 Å². The van der Waals surface area contributed by atoms with Gasteiger partial charge in [0.25, 0.3) is 0 Å². The Bertz CT molecular complexity index is 895. The minimum absolute atomic E-state index is 0.000340. The molecule has 5 fully saturated rings. The van der Waals surface area contributed by atoms with Gasteiger partial charge >= 0.3 is 5.97 Å². The monoisotopic (exact) mass is 470 g/mol. The van der Waals surface area contributed by atoms with Crippen molar-refractivity contribution in [3.8, 4) is 0 Å². The van der Waals surface area contributed by atoms with E-state index >= 15 is 0 Å². The van der Waals surface area contributed by atoms with E-state index in [1.807, 2.05) is 0 Å². The lowest BCUT2D eigenvalue weighted by Gasteiger charge is -2.74. The summed E-state index contributed by atoms with van der Waals surface area (Å²) >= 11 is 0. The van der Waals surface area contributed by atoms with Gasteiger partial charge in [-0.25, -0.2) is 0 Å². The van der Waals surface area contributed by atoms with E-state index in [0.717, 1.165) is 32.1 Å². The van der Waals surface area contributed by atoms with Crippen LogP contribution in [0, 0.1) is 56.2 Å². The molecule has 0 heterocycles. The molecule has 3 nitrogen and oxygen atoms in total. The molecule has 5 rings (SSSR count). The summed E-state index contributed by atoms with van der Waals surface area (Å²) in [7, 11) is 1.56. The van der Waals surface area contributed by atoms with E-state index in [4.69, 9.17) is 4.74 Å². The molecule has 0 spiro atoms. The SMILES string of the molecule is COC(=O)[C@]1(C)CC[C@]2(C)CC[C@]3(C)[C@@H]4CC[C@@]5(C)[C@@H](CCC(=O)[C@@H]5C)[C@]4(C)CC[C@@]3(C)[C@@H]2C1. The number of hydrogen-bond acceptors (Lipinski definition) is 3. The van der Waals surface area contributed by atoms with E-state index in [0.29, 0.717) is 39.8 Å². The summed E-state index contributed by atoms with van der Waals surface area (Å²) in [6.07, 6.45) is 12.6. The summed E-state index contributed by atoms with van der Waals surface area (Å²) in [5, 5.41) is 0. The molecule has 34 heavy (non-hydrogen) atoms. The second kappa shape index (κ2) is 7.34. The van der Waals surface area contributed by atoms with Crippen molar-refractivity contribution in [2.24, 2.45) is 56.2 Å². The van der Waals surface area contributed by atoms with Crippen LogP contribution in [0.5, 0.6) is 0 Å². The predicted octanol–water partition coefficient (Wildman–Crippen LogP) is 7.61. The largest absolute Gasteiger partial charge is 0.469 e. The molecule has 0 unspecified atom stereocenters. The number of fused-ring (bicyclic) bond motifs is 7. The zero-order valence-corrected chi connectivity index (χ0v) is 23.3. The van der Waals surface area contributed by atoms with E-state index in [2.05, 4.69) is 48.5 Å². The van der Waals surface area contributed by atoms with Crippen LogP contribution in [0.1, 0.15) is 119 Å². The molecule has 0 bridgehead atoms. The van der Waals surface area contributed by atoms with Gasteiger partial charge < -0.3 is 4.74 Å². The lowest BCUT2D eigenvalue weighted by molar-refractivity contribution is -0.257. The molecule has 5 aliphatic rings. The van der Waals surface area contributed by atoms with Gasteiger partial charge in [-0.05, 0) is 116 Å². The van der Waals surface area contributed by atoms with Crippen molar-refractivity contribution >= 4 is 11.8 Å². The number of ether oxygens (including phenoxy) is 1. The third-order valence-electron chi connectivity index (χ3n) is 14.2. The number of methoxy groups -OCH3 is 1. The maximum atomic E-state index is 12.9. The molecule has 0 aromatic rings. The van der Waals surface area contributed by atoms with E-state index in [9.17, 15) is 9.59 Å². The Morgan fingerprint density at radius 3 is 2.06 bits per heavy atom. The van der Waals surface area contributed by atoms with Crippen LogP contribution in [0.3, 0.4) is 0 Å². The first-order valence-electron chi connectivity index (χ1n) is 14.3. The van der Waals surface area contributed by atoms with Crippen molar-refractivity contribution in [1.29, 1.82) is 0 Å². The molecule has 0 amide bonds. The number of hydrogen-bond donors (Lipinski definition) is 0. The van der Waals surface area contributed by atoms with E-state index in [1.165, 1.54) is 38.5 Å². The minimum Gasteiger partial charge on any atom is -0.469 e. The lowest BCUT2D eigenvalue weighted by atomic mass is 9.30. The molecule has 0 aromatic heterocycles. The first-order chi connectivity index (χ1) is 15.7. The second-order valence-corrected chi connectivity index (χ2v) is 15.2. The predicted molar refractivity (Wildman–Crippen MR) is 136 cm³/mol. The molecule has 0 saturated heterocycles. The van der Waals surface area contributed by atoms with Crippen LogP contribution < -0.4 is 0 Å². The van der Waals surface area contributed by atoms with Crippen molar-refractivity contribution in [3.05, 3.63) is 0 Å². The van der Waals surface area contributed by atoms with Gasteiger partial charge in [0.2, 0.25) is 0 Å². The number of carbonyl (C=O) groups is 2. The highest BCUT2D eigenvalue weighted by Crippen LogP contribution is 2.78. The Labute approximate surface area is 208 Å². The van der Waals surface area contributed by atoms with Crippen molar-refractivity contribution in [2.75, 3.05) is 7.11 Å². The molecular weight excluding hydrogens is 420 g/mol.